The van der Waals surface area contributed by atoms with Crippen LogP contribution in [0.3, 0.4) is 0 Å². The van der Waals surface area contributed by atoms with E-state index in [0.29, 0.717) is 0 Å². The lowest BCUT2D eigenvalue weighted by molar-refractivity contribution is 0.476. The van der Waals surface area contributed by atoms with Gasteiger partial charge in [-0.05, 0) is 25.1 Å². The molecule has 2 N–H and O–H groups in total. The molecule has 1 aromatic carbocycles. The van der Waals surface area contributed by atoms with E-state index in [0.717, 1.165) is 5.56 Å². The highest BCUT2D eigenvalue weighted by Gasteiger charge is 2.16. The largest absolute Gasteiger partial charge is 0.384 e. The molecule has 0 atom stereocenters. The number of pyridine rings is 1. The van der Waals surface area contributed by atoms with Crippen molar-refractivity contribution in [2.24, 2.45) is 0 Å². The van der Waals surface area contributed by atoms with Gasteiger partial charge in [0.15, 0.2) is 0 Å². The van der Waals surface area contributed by atoms with Crippen molar-refractivity contribution in [1.82, 2.24) is 4.98 Å². The van der Waals surface area contributed by atoms with Gasteiger partial charge in [-0.15, -0.1) is 0 Å². The summed E-state index contributed by atoms with van der Waals surface area (Å²) in [6.45, 7) is 1.87. The second kappa shape index (κ2) is 4.66. The number of nitrogens with two attached hydrogens (primary N) is 1. The van der Waals surface area contributed by atoms with Gasteiger partial charge in [0.05, 0.1) is 0 Å². The number of anilines is 1. The minimum absolute atomic E-state index is 0.0458. The molecule has 0 saturated heterocycles. The fourth-order valence-electron chi connectivity index (χ4n) is 1.34. The maximum Gasteiger partial charge on any atom is 0.340 e. The van der Waals surface area contributed by atoms with E-state index in [9.17, 15) is 8.42 Å². The first-order valence-electron chi connectivity index (χ1n) is 5.21. The van der Waals surface area contributed by atoms with Crippen LogP contribution >= 0.6 is 0 Å². The number of hydrogen-bond acceptors (Lipinski definition) is 5. The van der Waals surface area contributed by atoms with Gasteiger partial charge in [-0.3, -0.25) is 0 Å². The van der Waals surface area contributed by atoms with Gasteiger partial charge in [-0.25, -0.2) is 0 Å². The molecule has 0 amide bonds. The monoisotopic (exact) mass is 264 g/mol. The second-order valence-electron chi connectivity index (χ2n) is 3.75. The highest BCUT2D eigenvalue weighted by Crippen LogP contribution is 2.17. The van der Waals surface area contributed by atoms with Crippen LogP contribution in [0.15, 0.2) is 47.4 Å². The van der Waals surface area contributed by atoms with Crippen molar-refractivity contribution in [3.05, 3.63) is 48.0 Å². The van der Waals surface area contributed by atoms with Crippen LogP contribution in [-0.4, -0.2) is 13.4 Å². The normalized spacial score (nSPS) is 11.2. The molecule has 0 fully saturated rings. The maximum absolute atomic E-state index is 11.9. The van der Waals surface area contributed by atoms with Crippen molar-refractivity contribution >= 4 is 15.9 Å². The van der Waals surface area contributed by atoms with Gasteiger partial charge >= 0.3 is 10.1 Å². The summed E-state index contributed by atoms with van der Waals surface area (Å²) in [5.41, 5.74) is 6.42. The van der Waals surface area contributed by atoms with Crippen LogP contribution < -0.4 is 9.92 Å². The lowest BCUT2D eigenvalue weighted by Crippen LogP contribution is -2.10. The minimum atomic E-state index is -3.86. The molecule has 0 aliphatic rings. The summed E-state index contributed by atoms with van der Waals surface area (Å²) in [5, 5.41) is 0. The van der Waals surface area contributed by atoms with E-state index in [2.05, 4.69) is 4.98 Å². The molecule has 1 aromatic heterocycles. The predicted molar refractivity (Wildman–Crippen MR) is 67.6 cm³/mol. The zero-order chi connectivity index (χ0) is 13.2. The number of rotatable bonds is 3. The Morgan fingerprint density at radius 3 is 2.39 bits per heavy atom. The third kappa shape index (κ3) is 2.78. The lowest BCUT2D eigenvalue weighted by Gasteiger charge is -2.06. The molecule has 2 rings (SSSR count). The Kier molecular flexibility index (Phi) is 3.20. The first-order chi connectivity index (χ1) is 8.47. The molecular weight excluding hydrogens is 252 g/mol. The summed E-state index contributed by atoms with van der Waals surface area (Å²) >= 11 is 0. The van der Waals surface area contributed by atoms with E-state index in [1.54, 1.807) is 24.3 Å². The molecule has 0 radical (unpaired) electrons. The summed E-state index contributed by atoms with van der Waals surface area (Å²) in [6.07, 6.45) is 0. The fraction of sp³-hybridized carbons (Fsp3) is 0.0833. The third-order valence-electron chi connectivity index (χ3n) is 2.25. The van der Waals surface area contributed by atoms with Crippen LogP contribution in [0.1, 0.15) is 5.56 Å². The smallest absolute Gasteiger partial charge is 0.340 e. The van der Waals surface area contributed by atoms with Gasteiger partial charge in [0, 0.05) is 6.07 Å². The summed E-state index contributed by atoms with van der Waals surface area (Å²) in [4.78, 5) is 3.86. The number of aromatic nitrogens is 1. The molecule has 0 spiro atoms. The fourth-order valence-corrected chi connectivity index (χ4v) is 2.23. The lowest BCUT2D eigenvalue weighted by atomic mass is 10.2. The van der Waals surface area contributed by atoms with Crippen LogP contribution in [0.2, 0.25) is 0 Å². The van der Waals surface area contributed by atoms with Crippen LogP contribution in [-0.2, 0) is 10.1 Å². The molecule has 18 heavy (non-hydrogen) atoms. The first-order valence-corrected chi connectivity index (χ1v) is 6.62. The van der Waals surface area contributed by atoms with E-state index in [1.807, 2.05) is 6.92 Å². The Morgan fingerprint density at radius 2 is 1.78 bits per heavy atom. The quantitative estimate of drug-likeness (QED) is 0.854. The summed E-state index contributed by atoms with van der Waals surface area (Å²) in [5.74, 6) is 0.155. The van der Waals surface area contributed by atoms with Crippen molar-refractivity contribution in [2.45, 2.75) is 11.8 Å². The van der Waals surface area contributed by atoms with Crippen LogP contribution in [0, 0.1) is 6.92 Å². The van der Waals surface area contributed by atoms with E-state index >= 15 is 0 Å². The van der Waals surface area contributed by atoms with Gasteiger partial charge in [-0.1, -0.05) is 23.8 Å². The van der Waals surface area contributed by atoms with E-state index < -0.39 is 10.1 Å². The molecule has 0 bridgehead atoms. The minimum Gasteiger partial charge on any atom is -0.384 e. The Labute approximate surface area is 105 Å². The van der Waals surface area contributed by atoms with Crippen molar-refractivity contribution in [2.75, 3.05) is 5.73 Å². The number of benzene rings is 1. The van der Waals surface area contributed by atoms with Gasteiger partial charge in [0.1, 0.15) is 10.7 Å². The van der Waals surface area contributed by atoms with Crippen molar-refractivity contribution in [3.8, 4) is 5.88 Å². The van der Waals surface area contributed by atoms with Crippen molar-refractivity contribution < 1.29 is 12.6 Å². The summed E-state index contributed by atoms with van der Waals surface area (Å²) < 4.78 is 28.7. The second-order valence-corrected chi connectivity index (χ2v) is 5.30. The third-order valence-corrected chi connectivity index (χ3v) is 3.49. The Morgan fingerprint density at radius 1 is 1.11 bits per heavy atom. The molecule has 0 aliphatic heterocycles. The van der Waals surface area contributed by atoms with Gasteiger partial charge in [0.25, 0.3) is 0 Å². The molecule has 2 aromatic rings. The molecular formula is C12H12N2O3S. The van der Waals surface area contributed by atoms with Crippen LogP contribution in [0.4, 0.5) is 5.82 Å². The zero-order valence-corrected chi connectivity index (χ0v) is 10.5. The molecule has 1 heterocycles. The number of hydrogen-bond donors (Lipinski definition) is 1. The van der Waals surface area contributed by atoms with Crippen molar-refractivity contribution in [3.63, 3.8) is 0 Å². The van der Waals surface area contributed by atoms with E-state index in [-0.39, 0.29) is 16.6 Å². The molecule has 0 unspecified atom stereocenters. The topological polar surface area (TPSA) is 82.3 Å². The zero-order valence-electron chi connectivity index (χ0n) is 9.70. The van der Waals surface area contributed by atoms with Crippen LogP contribution in [0.5, 0.6) is 5.88 Å². The summed E-state index contributed by atoms with van der Waals surface area (Å²) in [6, 6.07) is 10.9. The molecule has 94 valence electrons. The Balaban J connectivity index is 2.30. The van der Waals surface area contributed by atoms with Gasteiger partial charge in [-0.2, -0.15) is 13.4 Å². The van der Waals surface area contributed by atoms with E-state index in [1.165, 1.54) is 18.2 Å². The van der Waals surface area contributed by atoms with Gasteiger partial charge in [0.2, 0.25) is 5.88 Å². The van der Waals surface area contributed by atoms with Crippen molar-refractivity contribution in [1.29, 1.82) is 0 Å². The summed E-state index contributed by atoms with van der Waals surface area (Å²) in [7, 11) is -3.86. The highest BCUT2D eigenvalue weighted by atomic mass is 32.2. The maximum atomic E-state index is 11.9. The highest BCUT2D eigenvalue weighted by molar-refractivity contribution is 7.87. The predicted octanol–water partition coefficient (Wildman–Crippen LogP) is 1.74. The average Bonchev–Trinajstić information content (AvgIpc) is 2.29. The number of aryl methyl sites for hydroxylation is 1. The molecule has 0 aliphatic carbocycles. The Bertz CT molecular complexity index is 651. The standard InChI is InChI=1S/C12H12N2O3S/c1-9-5-7-10(8-6-9)18(15,16)17-12-4-2-3-11(13)14-12/h2-8H,1H3,(H2,13,14). The van der Waals surface area contributed by atoms with Crippen LogP contribution in [0.25, 0.3) is 0 Å². The average molecular weight is 264 g/mol. The Hall–Kier alpha value is -2.08. The molecule has 6 heteroatoms. The number of nitrogens with zero attached hydrogens (tertiary/aromatic N) is 1. The van der Waals surface area contributed by atoms with E-state index in [4.69, 9.17) is 9.92 Å². The van der Waals surface area contributed by atoms with Gasteiger partial charge < -0.3 is 9.92 Å². The molecule has 0 saturated carbocycles. The first kappa shape index (κ1) is 12.4. The number of nitrogen functional groups attached to an aromatic ring is 1. The molecule has 5 nitrogen and oxygen atoms in total. The SMILES string of the molecule is Cc1ccc(S(=O)(=O)Oc2cccc(N)n2)cc1.